The van der Waals surface area contributed by atoms with Crippen LogP contribution in [0.25, 0.3) is 0 Å². The normalized spacial score (nSPS) is 58.0. The van der Waals surface area contributed by atoms with Crippen LogP contribution in [-0.2, 0) is 0 Å². The number of piperidine rings is 1. The molecule has 5 unspecified atom stereocenters. The lowest BCUT2D eigenvalue weighted by atomic mass is 10.00. The van der Waals surface area contributed by atoms with E-state index in [-0.39, 0.29) is 6.61 Å². The summed E-state index contributed by atoms with van der Waals surface area (Å²) in [4.78, 5) is 0. The van der Waals surface area contributed by atoms with Gasteiger partial charge in [-0.05, 0) is 0 Å². The van der Waals surface area contributed by atoms with Gasteiger partial charge in [0.2, 0.25) is 0 Å². The highest BCUT2D eigenvalue weighted by Gasteiger charge is 2.71. The Labute approximate surface area is 69.6 Å². The van der Waals surface area contributed by atoms with Gasteiger partial charge in [-0.1, -0.05) is 0 Å². The second-order valence-electron chi connectivity index (χ2n) is 3.57. The zero-order chi connectivity index (χ0) is 8.93. The smallest absolute Gasteiger partial charge is 0.116 e. The first-order chi connectivity index (χ1) is 5.62. The average Bonchev–Trinajstić information content (AvgIpc) is 2.57. The van der Waals surface area contributed by atoms with Gasteiger partial charge in [0.1, 0.15) is 5.60 Å². The number of rotatable bonds is 1. The van der Waals surface area contributed by atoms with Crippen LogP contribution in [0.2, 0.25) is 0 Å². The maximum atomic E-state index is 9.71. The minimum Gasteiger partial charge on any atom is -0.395 e. The molecule has 0 spiro atoms. The molecule has 5 atom stereocenters. The van der Waals surface area contributed by atoms with Crippen molar-refractivity contribution in [2.24, 2.45) is 5.92 Å². The Morgan fingerprint density at radius 2 is 2.08 bits per heavy atom. The molecular formula is C7H13NO4. The highest BCUT2D eigenvalue weighted by atomic mass is 16.4. The van der Waals surface area contributed by atoms with Gasteiger partial charge in [-0.15, -0.1) is 0 Å². The quantitative estimate of drug-likeness (QED) is 0.293. The summed E-state index contributed by atoms with van der Waals surface area (Å²) >= 11 is 0. The fraction of sp³-hybridized carbons (Fsp3) is 1.00. The Kier molecular flexibility index (Phi) is 1.68. The minimum atomic E-state index is -1.31. The van der Waals surface area contributed by atoms with Gasteiger partial charge in [0.25, 0.3) is 0 Å². The number of hydrogen-bond acceptors (Lipinski definition) is 5. The summed E-state index contributed by atoms with van der Waals surface area (Å²) in [7, 11) is 0. The Bertz CT molecular complexity index is 196. The summed E-state index contributed by atoms with van der Waals surface area (Å²) < 4.78 is 0. The van der Waals surface area contributed by atoms with Crippen molar-refractivity contribution in [1.82, 2.24) is 5.32 Å². The highest BCUT2D eigenvalue weighted by molar-refractivity contribution is 5.24. The van der Waals surface area contributed by atoms with Gasteiger partial charge in [0.05, 0.1) is 24.9 Å². The Morgan fingerprint density at radius 1 is 1.42 bits per heavy atom. The van der Waals surface area contributed by atoms with E-state index < -0.39 is 29.8 Å². The average molecular weight is 175 g/mol. The summed E-state index contributed by atoms with van der Waals surface area (Å²) in [6, 6.07) is -0.513. The fourth-order valence-corrected chi connectivity index (χ4v) is 2.12. The van der Waals surface area contributed by atoms with Crippen LogP contribution >= 0.6 is 0 Å². The Hall–Kier alpha value is -0.200. The third-order valence-electron chi connectivity index (χ3n) is 2.97. The summed E-state index contributed by atoms with van der Waals surface area (Å²) in [5.74, 6) is -0.490. The van der Waals surface area contributed by atoms with Crippen LogP contribution < -0.4 is 5.32 Å². The van der Waals surface area contributed by atoms with Crippen molar-refractivity contribution in [2.75, 3.05) is 13.2 Å². The van der Waals surface area contributed by atoms with E-state index in [4.69, 9.17) is 5.11 Å². The Balaban J connectivity index is 2.16. The standard InChI is InChI=1S/C7H13NO4/c9-2-4-7(12)5(6(7)11)3(10)1-8-4/h3-6,8-12H,1-2H2. The molecule has 0 aromatic rings. The van der Waals surface area contributed by atoms with Crippen molar-refractivity contribution in [1.29, 1.82) is 0 Å². The van der Waals surface area contributed by atoms with Crippen LogP contribution in [0, 0.1) is 5.92 Å². The molecule has 5 nitrogen and oxygen atoms in total. The largest absolute Gasteiger partial charge is 0.395 e. The first-order valence-electron chi connectivity index (χ1n) is 4.05. The molecule has 2 rings (SSSR count). The first-order valence-corrected chi connectivity index (χ1v) is 4.05. The molecule has 2 aliphatic rings. The van der Waals surface area contributed by atoms with Crippen LogP contribution in [0.1, 0.15) is 0 Å². The molecule has 1 aliphatic heterocycles. The summed E-state index contributed by atoms with van der Waals surface area (Å²) in [5, 5.41) is 39.9. The van der Waals surface area contributed by atoms with Gasteiger partial charge in [0, 0.05) is 12.5 Å². The molecule has 5 heteroatoms. The van der Waals surface area contributed by atoms with Crippen LogP contribution in [-0.4, -0.2) is 57.4 Å². The highest BCUT2D eigenvalue weighted by Crippen LogP contribution is 2.50. The zero-order valence-corrected chi connectivity index (χ0v) is 6.51. The molecule has 0 amide bonds. The minimum absolute atomic E-state index is 0.225. The van der Waals surface area contributed by atoms with E-state index in [1.165, 1.54) is 0 Å². The van der Waals surface area contributed by atoms with Gasteiger partial charge < -0.3 is 25.7 Å². The molecule has 1 heterocycles. The van der Waals surface area contributed by atoms with Crippen molar-refractivity contribution >= 4 is 0 Å². The summed E-state index contributed by atoms with van der Waals surface area (Å²) in [5.41, 5.74) is -1.31. The molecular weight excluding hydrogens is 162 g/mol. The van der Waals surface area contributed by atoms with Gasteiger partial charge in [-0.3, -0.25) is 0 Å². The summed E-state index contributed by atoms with van der Waals surface area (Å²) in [6.45, 7) is 0.0893. The molecule has 0 bridgehead atoms. The molecule has 1 saturated heterocycles. The molecule has 12 heavy (non-hydrogen) atoms. The number of aliphatic hydroxyl groups is 4. The van der Waals surface area contributed by atoms with E-state index >= 15 is 0 Å². The Morgan fingerprint density at radius 3 is 2.67 bits per heavy atom. The number of fused-ring (bicyclic) bond motifs is 1. The van der Waals surface area contributed by atoms with Crippen molar-refractivity contribution < 1.29 is 20.4 Å². The predicted octanol–water partition coefficient (Wildman–Crippen LogP) is -2.97. The van der Waals surface area contributed by atoms with E-state index in [2.05, 4.69) is 5.32 Å². The van der Waals surface area contributed by atoms with Crippen molar-refractivity contribution in [3.8, 4) is 0 Å². The predicted molar refractivity (Wildman–Crippen MR) is 39.3 cm³/mol. The monoisotopic (exact) mass is 175 g/mol. The van der Waals surface area contributed by atoms with Crippen molar-refractivity contribution in [3.63, 3.8) is 0 Å². The molecule has 70 valence electrons. The zero-order valence-electron chi connectivity index (χ0n) is 6.51. The second kappa shape index (κ2) is 2.40. The number of hydrogen-bond donors (Lipinski definition) is 5. The van der Waals surface area contributed by atoms with E-state index in [1.54, 1.807) is 0 Å². The fourth-order valence-electron chi connectivity index (χ4n) is 2.12. The van der Waals surface area contributed by atoms with Crippen molar-refractivity contribution in [3.05, 3.63) is 0 Å². The van der Waals surface area contributed by atoms with E-state index in [9.17, 15) is 15.3 Å². The first kappa shape index (κ1) is 8.40. The second-order valence-corrected chi connectivity index (χ2v) is 3.57. The van der Waals surface area contributed by atoms with Crippen LogP contribution in [0.5, 0.6) is 0 Å². The lowest BCUT2D eigenvalue weighted by Gasteiger charge is -2.29. The van der Waals surface area contributed by atoms with Crippen molar-refractivity contribution in [2.45, 2.75) is 23.9 Å². The topological polar surface area (TPSA) is 93.0 Å². The number of aliphatic hydroxyl groups excluding tert-OH is 3. The van der Waals surface area contributed by atoms with Gasteiger partial charge in [-0.2, -0.15) is 0 Å². The van der Waals surface area contributed by atoms with E-state index in [0.717, 1.165) is 0 Å². The number of nitrogens with one attached hydrogen (secondary N) is 1. The van der Waals surface area contributed by atoms with Gasteiger partial charge >= 0.3 is 0 Å². The van der Waals surface area contributed by atoms with E-state index in [1.807, 2.05) is 0 Å². The van der Waals surface area contributed by atoms with Crippen LogP contribution in [0.3, 0.4) is 0 Å². The SMILES string of the molecule is OCC1NCC(O)C2C(O)C12O. The maximum absolute atomic E-state index is 9.71. The molecule has 5 N–H and O–H groups in total. The molecule has 1 saturated carbocycles. The third-order valence-corrected chi connectivity index (χ3v) is 2.97. The molecule has 1 aliphatic carbocycles. The third kappa shape index (κ3) is 0.800. The van der Waals surface area contributed by atoms with Gasteiger partial charge in [0.15, 0.2) is 0 Å². The van der Waals surface area contributed by atoms with Gasteiger partial charge in [-0.25, -0.2) is 0 Å². The number of β-amino-alcohol motifs (C(OH)–C–C–N with tert-alkyl or cyclic N) is 1. The lowest BCUT2D eigenvalue weighted by Crippen LogP contribution is -2.54. The van der Waals surface area contributed by atoms with Crippen LogP contribution in [0.4, 0.5) is 0 Å². The molecule has 0 radical (unpaired) electrons. The molecule has 0 aromatic heterocycles. The lowest BCUT2D eigenvalue weighted by molar-refractivity contribution is -0.0125. The molecule has 2 fully saturated rings. The maximum Gasteiger partial charge on any atom is 0.116 e. The van der Waals surface area contributed by atoms with E-state index in [0.29, 0.717) is 6.54 Å². The summed E-state index contributed by atoms with van der Waals surface area (Å²) in [6.07, 6.45) is -1.62. The van der Waals surface area contributed by atoms with Crippen LogP contribution in [0.15, 0.2) is 0 Å². The molecule has 0 aromatic carbocycles.